The number of aliphatic hydroxyl groups excluding tert-OH is 1. The van der Waals surface area contributed by atoms with E-state index in [1.54, 1.807) is 37.4 Å². The Balaban J connectivity index is 1.28. The van der Waals surface area contributed by atoms with Gasteiger partial charge in [-0.15, -0.1) is 0 Å². The van der Waals surface area contributed by atoms with Crippen LogP contribution in [0.3, 0.4) is 0 Å². The molecular formula is C38H37F5N8O6. The first-order valence-corrected chi connectivity index (χ1v) is 17.6. The number of aliphatic hydroxyl groups is 2. The van der Waals surface area contributed by atoms with Crippen LogP contribution in [0, 0.1) is 0 Å². The van der Waals surface area contributed by atoms with Gasteiger partial charge in [0.25, 0.3) is 24.7 Å². The minimum absolute atomic E-state index is 0.0283. The quantitative estimate of drug-likeness (QED) is 0.0817. The number of halogens is 5. The Hall–Kier alpha value is -6.21. The van der Waals surface area contributed by atoms with Gasteiger partial charge in [-0.25, -0.2) is 41.9 Å². The predicted molar refractivity (Wildman–Crippen MR) is 196 cm³/mol. The first-order chi connectivity index (χ1) is 27.1. The van der Waals surface area contributed by atoms with E-state index in [4.69, 9.17) is 14.6 Å². The van der Waals surface area contributed by atoms with Crippen LogP contribution in [0.4, 0.5) is 33.3 Å². The molecule has 0 bridgehead atoms. The molecule has 57 heavy (non-hydrogen) atoms. The van der Waals surface area contributed by atoms with E-state index in [0.29, 0.717) is 11.3 Å². The van der Waals surface area contributed by atoms with E-state index in [2.05, 4.69) is 30.6 Å². The van der Waals surface area contributed by atoms with Crippen molar-refractivity contribution in [2.45, 2.75) is 58.2 Å². The number of aromatic nitrogens is 6. The van der Waals surface area contributed by atoms with E-state index in [1.807, 2.05) is 0 Å². The fraction of sp³-hybridized carbons (Fsp3) is 0.316. The van der Waals surface area contributed by atoms with Crippen LogP contribution in [0.5, 0.6) is 11.5 Å². The first kappa shape index (κ1) is 40.5. The van der Waals surface area contributed by atoms with Crippen LogP contribution >= 0.6 is 0 Å². The molecule has 19 heteroatoms. The molecule has 0 aromatic carbocycles. The number of fused-ring (bicyclic) bond motifs is 2. The Morgan fingerprint density at radius 3 is 2.09 bits per heavy atom. The second-order valence-corrected chi connectivity index (χ2v) is 13.3. The summed E-state index contributed by atoms with van der Waals surface area (Å²) in [5.41, 5.74) is -1.46. The summed E-state index contributed by atoms with van der Waals surface area (Å²) >= 11 is 0. The van der Waals surface area contributed by atoms with Crippen LogP contribution in [0.1, 0.15) is 82.9 Å². The summed E-state index contributed by atoms with van der Waals surface area (Å²) in [6.07, 6.45) is -1.83. The number of hydrogen-bond donors (Lipinski definition) is 4. The highest BCUT2D eigenvalue weighted by molar-refractivity contribution is 6.05. The fourth-order valence-corrected chi connectivity index (χ4v) is 5.71. The molecule has 0 radical (unpaired) electrons. The van der Waals surface area contributed by atoms with Crippen molar-refractivity contribution in [2.24, 2.45) is 0 Å². The SMILES string of the molecule is CCOc1cc2nc(C(C)(C)O)cn2cc1NC(=O)c1nc(C(F)F)ccc1CCOc1cc2nc(CC(F)CO)cn2cc1NC(=O)c1cccc(C(F)F)n1. The topological polar surface area (TPSA) is 178 Å². The van der Waals surface area contributed by atoms with E-state index >= 15 is 0 Å². The van der Waals surface area contributed by atoms with Gasteiger partial charge in [-0.1, -0.05) is 12.1 Å². The fourth-order valence-electron chi connectivity index (χ4n) is 5.71. The van der Waals surface area contributed by atoms with Gasteiger partial charge in [0.05, 0.1) is 31.2 Å². The first-order valence-electron chi connectivity index (χ1n) is 17.6. The van der Waals surface area contributed by atoms with Crippen LogP contribution in [0.15, 0.2) is 67.3 Å². The van der Waals surface area contributed by atoms with Crippen LogP contribution in [-0.2, 0) is 18.4 Å². The molecule has 6 aromatic rings. The van der Waals surface area contributed by atoms with Crippen LogP contribution in [-0.4, -0.2) is 76.8 Å². The van der Waals surface area contributed by atoms with Crippen molar-refractivity contribution in [3.8, 4) is 11.5 Å². The summed E-state index contributed by atoms with van der Waals surface area (Å²) in [5, 5.41) is 24.9. The summed E-state index contributed by atoms with van der Waals surface area (Å²) in [6.45, 7) is 4.14. The lowest BCUT2D eigenvalue weighted by atomic mass is 10.1. The lowest BCUT2D eigenvalue weighted by molar-refractivity contribution is 0.0744. The number of nitrogens with one attached hydrogen (secondary N) is 2. The number of rotatable bonds is 16. The highest BCUT2D eigenvalue weighted by atomic mass is 19.3. The van der Waals surface area contributed by atoms with Crippen molar-refractivity contribution in [2.75, 3.05) is 30.5 Å². The van der Waals surface area contributed by atoms with E-state index < -0.39 is 54.4 Å². The second kappa shape index (κ2) is 16.9. The Morgan fingerprint density at radius 2 is 1.44 bits per heavy atom. The Kier molecular flexibility index (Phi) is 12.0. The van der Waals surface area contributed by atoms with E-state index in [-0.39, 0.29) is 77.2 Å². The maximum atomic E-state index is 14.0. The van der Waals surface area contributed by atoms with E-state index in [0.717, 1.165) is 12.1 Å². The van der Waals surface area contributed by atoms with Gasteiger partial charge in [0, 0.05) is 49.8 Å². The zero-order valence-corrected chi connectivity index (χ0v) is 30.7. The second-order valence-electron chi connectivity index (χ2n) is 13.3. The van der Waals surface area contributed by atoms with Gasteiger partial charge >= 0.3 is 0 Å². The summed E-state index contributed by atoms with van der Waals surface area (Å²) in [7, 11) is 0. The van der Waals surface area contributed by atoms with Crippen molar-refractivity contribution in [1.82, 2.24) is 28.7 Å². The van der Waals surface area contributed by atoms with E-state index in [1.165, 1.54) is 47.3 Å². The van der Waals surface area contributed by atoms with Gasteiger partial charge in [-0.05, 0) is 44.5 Å². The van der Waals surface area contributed by atoms with Crippen LogP contribution in [0.2, 0.25) is 0 Å². The number of anilines is 2. The molecular weight excluding hydrogens is 759 g/mol. The normalized spacial score (nSPS) is 12.4. The zero-order valence-electron chi connectivity index (χ0n) is 30.7. The van der Waals surface area contributed by atoms with E-state index in [9.17, 15) is 36.6 Å². The van der Waals surface area contributed by atoms with Gasteiger partial charge in [-0.2, -0.15) is 0 Å². The number of pyridine rings is 4. The minimum atomic E-state index is -3.00. The minimum Gasteiger partial charge on any atom is -0.491 e. The third-order valence-electron chi connectivity index (χ3n) is 8.51. The van der Waals surface area contributed by atoms with Crippen molar-refractivity contribution >= 4 is 34.5 Å². The lowest BCUT2D eigenvalue weighted by Gasteiger charge is -2.16. The highest BCUT2D eigenvalue weighted by Gasteiger charge is 2.24. The van der Waals surface area contributed by atoms with Gasteiger partial charge in [0.2, 0.25) is 0 Å². The molecule has 1 atom stereocenters. The molecule has 2 amide bonds. The van der Waals surface area contributed by atoms with Crippen LogP contribution in [0.25, 0.3) is 11.3 Å². The standard InChI is InChI=1S/C38H37F5N8O6/c1-4-56-28-13-32-49-30(38(2,3)55)18-51(32)17-26(28)48-37(54)33-20(8-9-24(46-33)35(42)43)10-11-57-29-14-31-44-22(12-21(39)19-52)15-50(31)16-27(29)47-36(53)25-7-5-6-23(45-25)34(40)41/h5-9,13-18,21,34-35,52,55H,4,10-12,19H2,1-3H3,(H,47,53)(H,48,54). The monoisotopic (exact) mass is 796 g/mol. The Labute approximate surface area is 321 Å². The zero-order chi connectivity index (χ0) is 41.0. The number of amides is 2. The number of alkyl halides is 5. The number of ether oxygens (including phenoxy) is 2. The number of carbonyl (C=O) groups excluding carboxylic acids is 2. The molecule has 0 aliphatic rings. The third-order valence-corrected chi connectivity index (χ3v) is 8.51. The molecule has 0 aliphatic carbocycles. The summed E-state index contributed by atoms with van der Waals surface area (Å²) in [4.78, 5) is 43.4. The molecule has 0 fully saturated rings. The molecule has 1 unspecified atom stereocenters. The number of nitrogens with zero attached hydrogens (tertiary/aromatic N) is 6. The smallest absolute Gasteiger partial charge is 0.280 e. The predicted octanol–water partition coefficient (Wildman–Crippen LogP) is 6.27. The molecule has 300 valence electrons. The Morgan fingerprint density at radius 1 is 0.807 bits per heavy atom. The van der Waals surface area contributed by atoms with Crippen molar-refractivity contribution in [3.63, 3.8) is 0 Å². The van der Waals surface area contributed by atoms with Gasteiger partial charge in [-0.3, -0.25) is 9.59 Å². The summed E-state index contributed by atoms with van der Waals surface area (Å²) < 4.78 is 83.1. The van der Waals surface area contributed by atoms with Crippen molar-refractivity contribution in [3.05, 3.63) is 107 Å². The largest absolute Gasteiger partial charge is 0.491 e. The average molecular weight is 797 g/mol. The maximum Gasteiger partial charge on any atom is 0.280 e. The molecule has 0 aliphatic heterocycles. The molecule has 14 nitrogen and oxygen atoms in total. The summed E-state index contributed by atoms with van der Waals surface area (Å²) in [5.74, 6) is -1.45. The van der Waals surface area contributed by atoms with Crippen molar-refractivity contribution in [1.29, 1.82) is 0 Å². The lowest BCUT2D eigenvalue weighted by Crippen LogP contribution is -2.19. The molecule has 0 saturated carbocycles. The third kappa shape index (κ3) is 9.43. The Bertz CT molecular complexity index is 2420. The summed E-state index contributed by atoms with van der Waals surface area (Å²) in [6, 6.07) is 8.93. The molecule has 4 N–H and O–H groups in total. The van der Waals surface area contributed by atoms with Gasteiger partial charge < -0.3 is 39.1 Å². The number of hydrogen-bond acceptors (Lipinski definition) is 10. The molecule has 0 spiro atoms. The van der Waals surface area contributed by atoms with Crippen LogP contribution < -0.4 is 20.1 Å². The van der Waals surface area contributed by atoms with Gasteiger partial charge in [0.15, 0.2) is 0 Å². The molecule has 6 rings (SSSR count). The average Bonchev–Trinajstić information content (AvgIpc) is 3.78. The molecule has 6 heterocycles. The van der Waals surface area contributed by atoms with Gasteiger partial charge in [0.1, 0.15) is 68.7 Å². The highest BCUT2D eigenvalue weighted by Crippen LogP contribution is 2.31. The number of carbonyl (C=O) groups is 2. The number of imidazole rings is 2. The maximum absolute atomic E-state index is 14.0. The van der Waals surface area contributed by atoms with Crippen molar-refractivity contribution < 1.29 is 51.2 Å². The molecule has 0 saturated heterocycles. The molecule has 6 aromatic heterocycles.